The van der Waals surface area contributed by atoms with Crippen LogP contribution in [-0.4, -0.2) is 45.1 Å². The maximum atomic E-state index is 12.6. The Labute approximate surface area is 156 Å². The molecule has 0 radical (unpaired) electrons. The number of imidazole rings is 1. The van der Waals surface area contributed by atoms with Crippen molar-refractivity contribution in [1.29, 1.82) is 0 Å². The van der Waals surface area contributed by atoms with Crippen molar-refractivity contribution in [3.05, 3.63) is 47.6 Å². The second kappa shape index (κ2) is 8.27. The van der Waals surface area contributed by atoms with Crippen LogP contribution in [-0.2, 0) is 6.54 Å². The van der Waals surface area contributed by atoms with E-state index in [0.29, 0.717) is 12.3 Å². The Morgan fingerprint density at radius 3 is 2.92 bits per heavy atom. The summed E-state index contributed by atoms with van der Waals surface area (Å²) in [5.74, 6) is 2.36. The van der Waals surface area contributed by atoms with E-state index >= 15 is 0 Å². The van der Waals surface area contributed by atoms with Crippen LogP contribution in [0.3, 0.4) is 0 Å². The van der Waals surface area contributed by atoms with Gasteiger partial charge in [0.25, 0.3) is 0 Å². The number of urea groups is 1. The van der Waals surface area contributed by atoms with E-state index in [-0.39, 0.29) is 12.1 Å². The highest BCUT2D eigenvalue weighted by molar-refractivity contribution is 7.98. The van der Waals surface area contributed by atoms with Crippen LogP contribution in [0.5, 0.6) is 0 Å². The number of carbonyl (C=O) groups is 1. The molecular weight excluding hydrogens is 350 g/mol. The third-order valence-corrected chi connectivity index (χ3v) is 4.71. The number of H-pyrrole nitrogens is 1. The first kappa shape index (κ1) is 18.3. The maximum absolute atomic E-state index is 12.6. The molecular formula is C18H23N5O2S. The van der Waals surface area contributed by atoms with Crippen molar-refractivity contribution in [2.75, 3.05) is 19.1 Å². The smallest absolute Gasteiger partial charge is 0.318 e. The van der Waals surface area contributed by atoms with Crippen LogP contribution < -0.4 is 5.32 Å². The van der Waals surface area contributed by atoms with Crippen molar-refractivity contribution in [2.24, 2.45) is 0 Å². The standard InChI is InChI=1S/C18H23N5O2S/c1-12-10-13(25-22-12)11-23(2)18(24)21-16(8-9-26-3)17-19-14-6-4-5-7-15(14)20-17/h4-7,10,16H,8-9,11H2,1-3H3,(H,19,20)(H,21,24)/t16-/m0/s1. The van der Waals surface area contributed by atoms with Crippen LogP contribution in [0.15, 0.2) is 34.9 Å². The molecule has 0 saturated carbocycles. The minimum Gasteiger partial charge on any atom is -0.359 e. The lowest BCUT2D eigenvalue weighted by molar-refractivity contribution is 0.196. The molecule has 1 atom stereocenters. The molecule has 0 aliphatic rings. The van der Waals surface area contributed by atoms with Gasteiger partial charge in [-0.3, -0.25) is 0 Å². The summed E-state index contributed by atoms with van der Waals surface area (Å²) in [6.45, 7) is 2.22. The number of fused-ring (bicyclic) bond motifs is 1. The van der Waals surface area contributed by atoms with Gasteiger partial charge in [0.05, 0.1) is 29.3 Å². The molecule has 3 rings (SSSR count). The van der Waals surface area contributed by atoms with Crippen LogP contribution in [0.4, 0.5) is 4.79 Å². The number of amides is 2. The molecule has 0 unspecified atom stereocenters. The van der Waals surface area contributed by atoms with E-state index in [1.54, 1.807) is 23.7 Å². The predicted octanol–water partition coefficient (Wildman–Crippen LogP) is 3.50. The van der Waals surface area contributed by atoms with Gasteiger partial charge < -0.3 is 19.7 Å². The highest BCUT2D eigenvalue weighted by Crippen LogP contribution is 2.20. The van der Waals surface area contributed by atoms with Gasteiger partial charge in [0.15, 0.2) is 5.76 Å². The first-order chi connectivity index (χ1) is 12.6. The number of nitrogens with one attached hydrogen (secondary N) is 2. The Balaban J connectivity index is 1.71. The number of aromatic nitrogens is 3. The average molecular weight is 373 g/mol. The molecule has 2 aromatic heterocycles. The number of benzene rings is 1. The molecule has 138 valence electrons. The van der Waals surface area contributed by atoms with Gasteiger partial charge in [-0.25, -0.2) is 9.78 Å². The molecule has 0 fully saturated rings. The van der Waals surface area contributed by atoms with E-state index in [1.807, 2.05) is 37.3 Å². The zero-order valence-corrected chi connectivity index (χ0v) is 16.0. The number of para-hydroxylation sites is 2. The molecule has 3 aromatic rings. The fourth-order valence-electron chi connectivity index (χ4n) is 2.71. The number of hydrogen-bond acceptors (Lipinski definition) is 5. The molecule has 2 N–H and O–H groups in total. The molecule has 26 heavy (non-hydrogen) atoms. The van der Waals surface area contributed by atoms with E-state index in [4.69, 9.17) is 4.52 Å². The van der Waals surface area contributed by atoms with Crippen molar-refractivity contribution >= 4 is 28.8 Å². The predicted molar refractivity (Wildman–Crippen MR) is 103 cm³/mol. The number of rotatable bonds is 7. The molecule has 0 saturated heterocycles. The number of aryl methyl sites for hydroxylation is 1. The summed E-state index contributed by atoms with van der Waals surface area (Å²) < 4.78 is 5.19. The van der Waals surface area contributed by atoms with Gasteiger partial charge in [-0.15, -0.1) is 0 Å². The lowest BCUT2D eigenvalue weighted by Crippen LogP contribution is -2.39. The number of hydrogen-bond donors (Lipinski definition) is 2. The van der Waals surface area contributed by atoms with E-state index in [9.17, 15) is 4.79 Å². The molecule has 2 amide bonds. The Hall–Kier alpha value is -2.48. The third kappa shape index (κ3) is 4.37. The highest BCUT2D eigenvalue weighted by atomic mass is 32.2. The monoisotopic (exact) mass is 373 g/mol. The number of aromatic amines is 1. The van der Waals surface area contributed by atoms with Crippen LogP contribution in [0.1, 0.15) is 29.7 Å². The van der Waals surface area contributed by atoms with Crippen molar-refractivity contribution in [2.45, 2.75) is 25.9 Å². The Bertz CT molecular complexity index is 842. The van der Waals surface area contributed by atoms with Gasteiger partial charge in [0.2, 0.25) is 0 Å². The first-order valence-electron chi connectivity index (χ1n) is 8.44. The summed E-state index contributed by atoms with van der Waals surface area (Å²) in [4.78, 5) is 22.2. The fourth-order valence-corrected chi connectivity index (χ4v) is 3.18. The molecule has 8 heteroatoms. The number of nitrogens with zero attached hydrogens (tertiary/aromatic N) is 3. The van der Waals surface area contributed by atoms with E-state index in [0.717, 1.165) is 34.7 Å². The summed E-state index contributed by atoms with van der Waals surface area (Å²) in [6, 6.07) is 9.34. The van der Waals surface area contributed by atoms with Crippen molar-refractivity contribution in [1.82, 2.24) is 25.3 Å². The van der Waals surface area contributed by atoms with Gasteiger partial charge in [0.1, 0.15) is 5.82 Å². The summed E-state index contributed by atoms with van der Waals surface area (Å²) in [7, 11) is 1.73. The highest BCUT2D eigenvalue weighted by Gasteiger charge is 2.21. The lowest BCUT2D eigenvalue weighted by Gasteiger charge is -2.21. The van der Waals surface area contributed by atoms with Crippen LogP contribution in [0, 0.1) is 6.92 Å². The maximum Gasteiger partial charge on any atom is 0.318 e. The van der Waals surface area contributed by atoms with E-state index < -0.39 is 0 Å². The number of carbonyl (C=O) groups excluding carboxylic acids is 1. The normalized spacial score (nSPS) is 12.3. The minimum atomic E-state index is -0.179. The second-order valence-electron chi connectivity index (χ2n) is 6.21. The summed E-state index contributed by atoms with van der Waals surface area (Å²) in [6.07, 6.45) is 2.85. The second-order valence-corrected chi connectivity index (χ2v) is 7.20. The Kier molecular flexibility index (Phi) is 5.82. The first-order valence-corrected chi connectivity index (χ1v) is 9.83. The zero-order chi connectivity index (χ0) is 18.5. The molecule has 1 aromatic carbocycles. The fraction of sp³-hybridized carbons (Fsp3) is 0.389. The average Bonchev–Trinajstić information content (AvgIpc) is 3.24. The van der Waals surface area contributed by atoms with Crippen LogP contribution >= 0.6 is 11.8 Å². The lowest BCUT2D eigenvalue weighted by atomic mass is 10.2. The van der Waals surface area contributed by atoms with Crippen molar-refractivity contribution < 1.29 is 9.32 Å². The molecule has 7 nitrogen and oxygen atoms in total. The van der Waals surface area contributed by atoms with Gasteiger partial charge in [-0.1, -0.05) is 17.3 Å². The number of thioether (sulfide) groups is 1. The molecule has 2 heterocycles. The van der Waals surface area contributed by atoms with Crippen molar-refractivity contribution in [3.63, 3.8) is 0 Å². The van der Waals surface area contributed by atoms with Gasteiger partial charge >= 0.3 is 6.03 Å². The van der Waals surface area contributed by atoms with E-state index in [1.165, 1.54) is 0 Å². The van der Waals surface area contributed by atoms with Gasteiger partial charge in [-0.2, -0.15) is 11.8 Å². The van der Waals surface area contributed by atoms with Crippen LogP contribution in [0.25, 0.3) is 11.0 Å². The summed E-state index contributed by atoms with van der Waals surface area (Å²) in [5.41, 5.74) is 2.67. The molecule has 0 spiro atoms. The minimum absolute atomic E-state index is 0.175. The Morgan fingerprint density at radius 2 is 2.23 bits per heavy atom. The third-order valence-electron chi connectivity index (χ3n) is 4.06. The van der Waals surface area contributed by atoms with Crippen LogP contribution in [0.2, 0.25) is 0 Å². The van der Waals surface area contributed by atoms with Crippen molar-refractivity contribution in [3.8, 4) is 0 Å². The quantitative estimate of drug-likeness (QED) is 0.662. The molecule has 0 aliphatic carbocycles. The Morgan fingerprint density at radius 1 is 1.42 bits per heavy atom. The topological polar surface area (TPSA) is 87.1 Å². The zero-order valence-electron chi connectivity index (χ0n) is 15.2. The SMILES string of the molecule is CSCC[C@H](NC(=O)N(C)Cc1cc(C)no1)c1nc2ccccc2[nH]1. The molecule has 0 aliphatic heterocycles. The summed E-state index contributed by atoms with van der Waals surface area (Å²) >= 11 is 1.74. The summed E-state index contributed by atoms with van der Waals surface area (Å²) in [5, 5.41) is 6.92. The van der Waals surface area contributed by atoms with Gasteiger partial charge in [0, 0.05) is 13.1 Å². The largest absolute Gasteiger partial charge is 0.359 e. The van der Waals surface area contributed by atoms with Gasteiger partial charge in [-0.05, 0) is 37.5 Å². The van der Waals surface area contributed by atoms with E-state index in [2.05, 4.69) is 26.7 Å². The molecule has 0 bridgehead atoms.